The summed E-state index contributed by atoms with van der Waals surface area (Å²) in [6.07, 6.45) is 3.58. The molecule has 0 bridgehead atoms. The third-order valence-electron chi connectivity index (χ3n) is 3.01. The minimum Gasteiger partial charge on any atom is -0.433 e. The molecule has 6 heteroatoms. The number of nitriles is 1. The summed E-state index contributed by atoms with van der Waals surface area (Å²) in [6, 6.07) is 5.92. The van der Waals surface area contributed by atoms with Gasteiger partial charge in [-0.15, -0.1) is 0 Å². The van der Waals surface area contributed by atoms with Gasteiger partial charge in [-0.05, 0) is 24.6 Å². The Balaban J connectivity index is 1.95. The predicted octanol–water partition coefficient (Wildman–Crippen LogP) is 3.76. The van der Waals surface area contributed by atoms with Crippen LogP contribution in [0.15, 0.2) is 34.0 Å². The summed E-state index contributed by atoms with van der Waals surface area (Å²) in [5.74, 6) is 0.634. The van der Waals surface area contributed by atoms with Gasteiger partial charge in [-0.3, -0.25) is 0 Å². The second-order valence-electron chi connectivity index (χ2n) is 4.40. The number of aryl methyl sites for hydroxylation is 2. The van der Waals surface area contributed by atoms with Crippen LogP contribution in [0.4, 0.5) is 5.69 Å². The molecule has 2 N–H and O–H groups in total. The Labute approximate surface area is 120 Å². The van der Waals surface area contributed by atoms with E-state index in [0.29, 0.717) is 16.5 Å². The number of oxazole rings is 1. The lowest BCUT2D eigenvalue weighted by Crippen LogP contribution is -1.89. The third kappa shape index (κ3) is 2.12. The molecule has 0 fully saturated rings. The van der Waals surface area contributed by atoms with E-state index in [1.165, 1.54) is 11.9 Å². The van der Waals surface area contributed by atoms with Gasteiger partial charge in [-0.25, -0.2) is 4.98 Å². The minimum atomic E-state index is 0.634. The Morgan fingerprint density at radius 2 is 2.25 bits per heavy atom. The molecular formula is C14H12N4OS. The number of anilines is 1. The van der Waals surface area contributed by atoms with E-state index in [2.05, 4.69) is 20.8 Å². The van der Waals surface area contributed by atoms with Crippen LogP contribution in [-0.2, 0) is 0 Å². The summed E-state index contributed by atoms with van der Waals surface area (Å²) in [6.45, 7) is 3.79. The van der Waals surface area contributed by atoms with Gasteiger partial charge in [0.25, 0.3) is 0 Å². The number of aromatic amines is 1. The minimum absolute atomic E-state index is 0.634. The zero-order chi connectivity index (χ0) is 14.1. The quantitative estimate of drug-likeness (QED) is 0.716. The maximum atomic E-state index is 9.17. The molecule has 0 spiro atoms. The van der Waals surface area contributed by atoms with E-state index in [0.717, 1.165) is 22.2 Å². The van der Waals surface area contributed by atoms with E-state index < -0.39 is 0 Å². The molecule has 0 saturated carbocycles. The summed E-state index contributed by atoms with van der Waals surface area (Å²) in [4.78, 5) is 7.24. The maximum Gasteiger partial charge on any atom is 0.201 e. The lowest BCUT2D eigenvalue weighted by molar-refractivity contribution is 0.442. The van der Waals surface area contributed by atoms with Gasteiger partial charge in [0.05, 0.1) is 29.0 Å². The van der Waals surface area contributed by atoms with Crippen molar-refractivity contribution in [3.05, 3.63) is 41.5 Å². The van der Waals surface area contributed by atoms with Crippen LogP contribution < -0.4 is 4.72 Å². The predicted molar refractivity (Wildman–Crippen MR) is 78.5 cm³/mol. The first kappa shape index (κ1) is 12.6. The summed E-state index contributed by atoms with van der Waals surface area (Å²) in [7, 11) is 0. The van der Waals surface area contributed by atoms with Gasteiger partial charge < -0.3 is 14.1 Å². The van der Waals surface area contributed by atoms with Crippen LogP contribution in [0.25, 0.3) is 10.9 Å². The molecule has 2 aromatic heterocycles. The van der Waals surface area contributed by atoms with Crippen LogP contribution in [0.1, 0.15) is 17.0 Å². The summed E-state index contributed by atoms with van der Waals surface area (Å²) in [5.41, 5.74) is 3.56. The molecule has 0 unspecified atom stereocenters. The first-order valence-corrected chi connectivity index (χ1v) is 6.87. The van der Waals surface area contributed by atoms with Crippen molar-refractivity contribution in [2.24, 2.45) is 0 Å². The van der Waals surface area contributed by atoms with Gasteiger partial charge in [0.2, 0.25) is 5.09 Å². The van der Waals surface area contributed by atoms with Crippen molar-refractivity contribution in [3.63, 3.8) is 0 Å². The van der Waals surface area contributed by atoms with Gasteiger partial charge in [-0.1, -0.05) is 0 Å². The molecule has 2 heterocycles. The fraction of sp³-hybridized carbons (Fsp3) is 0.143. The Kier molecular flexibility index (Phi) is 3.12. The number of aromatic nitrogens is 2. The highest BCUT2D eigenvalue weighted by Gasteiger charge is 2.11. The molecule has 0 radical (unpaired) electrons. The van der Waals surface area contributed by atoms with E-state index in [1.807, 2.05) is 25.3 Å². The summed E-state index contributed by atoms with van der Waals surface area (Å²) >= 11 is 1.35. The Hall–Kier alpha value is -2.39. The largest absolute Gasteiger partial charge is 0.433 e. The fourth-order valence-corrected chi connectivity index (χ4v) is 2.74. The number of fused-ring (bicyclic) bond motifs is 1. The van der Waals surface area contributed by atoms with Gasteiger partial charge in [0.1, 0.15) is 0 Å². The normalized spacial score (nSPS) is 10.7. The Morgan fingerprint density at radius 3 is 2.95 bits per heavy atom. The fourth-order valence-electron chi connectivity index (χ4n) is 2.09. The molecule has 0 aliphatic heterocycles. The van der Waals surface area contributed by atoms with Crippen molar-refractivity contribution >= 4 is 28.5 Å². The zero-order valence-electron chi connectivity index (χ0n) is 11.0. The summed E-state index contributed by atoms with van der Waals surface area (Å²) in [5, 5.41) is 10.8. The highest BCUT2D eigenvalue weighted by Crippen LogP contribution is 2.31. The molecule has 1 aromatic carbocycles. The van der Waals surface area contributed by atoms with Crippen LogP contribution >= 0.6 is 11.9 Å². The van der Waals surface area contributed by atoms with Crippen LogP contribution in [0.2, 0.25) is 0 Å². The molecule has 0 aliphatic carbocycles. The maximum absolute atomic E-state index is 9.17. The van der Waals surface area contributed by atoms with Crippen molar-refractivity contribution < 1.29 is 4.42 Å². The molecule has 5 nitrogen and oxygen atoms in total. The van der Waals surface area contributed by atoms with Crippen LogP contribution in [0, 0.1) is 25.2 Å². The molecule has 0 amide bonds. The van der Waals surface area contributed by atoms with E-state index in [4.69, 9.17) is 9.68 Å². The first-order valence-electron chi connectivity index (χ1n) is 6.05. The molecule has 0 aliphatic rings. The molecule has 3 aromatic rings. The second-order valence-corrected chi connectivity index (χ2v) is 5.21. The lowest BCUT2D eigenvalue weighted by Gasteiger charge is -2.06. The number of benzene rings is 1. The van der Waals surface area contributed by atoms with E-state index in [9.17, 15) is 0 Å². The van der Waals surface area contributed by atoms with Gasteiger partial charge in [-0.2, -0.15) is 5.26 Å². The number of rotatable bonds is 3. The number of hydrogen-bond acceptors (Lipinski definition) is 5. The van der Waals surface area contributed by atoms with Crippen molar-refractivity contribution in [2.75, 3.05) is 4.72 Å². The lowest BCUT2D eigenvalue weighted by atomic mass is 10.1. The topological polar surface area (TPSA) is 77.6 Å². The number of nitrogens with zero attached hydrogens (tertiary/aromatic N) is 2. The Morgan fingerprint density at radius 1 is 1.40 bits per heavy atom. The number of hydrogen-bond donors (Lipinski definition) is 2. The highest BCUT2D eigenvalue weighted by molar-refractivity contribution is 8.00. The van der Waals surface area contributed by atoms with Crippen LogP contribution in [0.3, 0.4) is 0 Å². The number of H-pyrrole nitrogens is 1. The molecule has 20 heavy (non-hydrogen) atoms. The monoisotopic (exact) mass is 284 g/mol. The molecular weight excluding hydrogens is 272 g/mol. The molecule has 0 atom stereocenters. The Bertz CT molecular complexity index is 812. The SMILES string of the molecule is Cc1ncc(SNc2ccc(C#N)c3c(C)c[nH]c23)o1. The molecule has 100 valence electrons. The zero-order valence-corrected chi connectivity index (χ0v) is 11.8. The van der Waals surface area contributed by atoms with Crippen molar-refractivity contribution in [2.45, 2.75) is 18.9 Å². The van der Waals surface area contributed by atoms with Gasteiger partial charge >= 0.3 is 0 Å². The van der Waals surface area contributed by atoms with E-state index in [-0.39, 0.29) is 0 Å². The van der Waals surface area contributed by atoms with Crippen LogP contribution in [0.5, 0.6) is 0 Å². The average molecular weight is 284 g/mol. The average Bonchev–Trinajstić information content (AvgIpc) is 3.03. The van der Waals surface area contributed by atoms with Gasteiger partial charge in [0, 0.05) is 30.5 Å². The second kappa shape index (κ2) is 4.94. The van der Waals surface area contributed by atoms with Crippen LogP contribution in [-0.4, -0.2) is 9.97 Å². The van der Waals surface area contributed by atoms with Crippen molar-refractivity contribution in [1.29, 1.82) is 5.26 Å². The standard InChI is InChI=1S/C14H12N4OS/c1-8-6-17-14-11(4-3-10(5-15)13(8)14)18-20-12-7-16-9(2)19-12/h3-4,6-7,17-18H,1-2H3. The smallest absolute Gasteiger partial charge is 0.201 e. The summed E-state index contributed by atoms with van der Waals surface area (Å²) < 4.78 is 8.62. The van der Waals surface area contributed by atoms with E-state index in [1.54, 1.807) is 13.1 Å². The first-order chi connectivity index (χ1) is 9.69. The molecule has 0 saturated heterocycles. The van der Waals surface area contributed by atoms with Gasteiger partial charge in [0.15, 0.2) is 5.89 Å². The van der Waals surface area contributed by atoms with Crippen molar-refractivity contribution in [3.8, 4) is 6.07 Å². The third-order valence-corrected chi connectivity index (χ3v) is 3.73. The van der Waals surface area contributed by atoms with Crippen molar-refractivity contribution in [1.82, 2.24) is 9.97 Å². The highest BCUT2D eigenvalue weighted by atomic mass is 32.2. The van der Waals surface area contributed by atoms with E-state index >= 15 is 0 Å². The molecule has 3 rings (SSSR count). The number of nitrogens with one attached hydrogen (secondary N) is 2.